The van der Waals surface area contributed by atoms with Gasteiger partial charge in [0.1, 0.15) is 6.04 Å². The van der Waals surface area contributed by atoms with E-state index < -0.39 is 0 Å². The minimum absolute atomic E-state index is 0. The van der Waals surface area contributed by atoms with Gasteiger partial charge in [0.25, 0.3) is 0 Å². The van der Waals surface area contributed by atoms with Gasteiger partial charge >= 0.3 is 0 Å². The fourth-order valence-electron chi connectivity index (χ4n) is 2.00. The Labute approximate surface area is 143 Å². The summed E-state index contributed by atoms with van der Waals surface area (Å²) in [5.74, 6) is 0.910. The maximum Gasteiger partial charge on any atom is 0.243 e. The summed E-state index contributed by atoms with van der Waals surface area (Å²) in [6.07, 6.45) is 0. The third-order valence-corrected chi connectivity index (χ3v) is 4.45. The molecule has 6 heteroatoms. The fourth-order valence-corrected chi connectivity index (χ4v) is 2.78. The summed E-state index contributed by atoms with van der Waals surface area (Å²) < 4.78 is 5.55. The molecule has 1 saturated heterocycles. The molecule has 1 aliphatic heterocycles. The smallest absolute Gasteiger partial charge is 0.243 e. The highest BCUT2D eigenvalue weighted by Crippen LogP contribution is 2.27. The van der Waals surface area contributed by atoms with E-state index in [1.807, 2.05) is 30.0 Å². The number of amides is 1. The van der Waals surface area contributed by atoms with Crippen LogP contribution in [0.1, 0.15) is 26.3 Å². The summed E-state index contributed by atoms with van der Waals surface area (Å²) in [5.41, 5.74) is 2.07. The molecule has 1 aromatic carbocycles. The third-order valence-electron chi connectivity index (χ3n) is 3.10. The molecule has 1 heterocycles. The molecule has 1 amide bonds. The maximum absolute atomic E-state index is 12.1. The third kappa shape index (κ3) is 6.57. The van der Waals surface area contributed by atoms with Crippen molar-refractivity contribution in [3.63, 3.8) is 0 Å². The number of hydrogen-bond donors (Lipinski definition) is 2. The Hall–Kier alpha value is -0.750. The number of ether oxygens (including phenoxy) is 1. The molecule has 0 bridgehead atoms. The molecule has 124 valence electrons. The molecule has 22 heavy (non-hydrogen) atoms. The van der Waals surface area contributed by atoms with Crippen LogP contribution in [0.4, 0.5) is 5.69 Å². The average molecular weight is 345 g/mol. The summed E-state index contributed by atoms with van der Waals surface area (Å²) in [5, 5.41) is 6.12. The molecule has 1 aromatic rings. The van der Waals surface area contributed by atoms with Crippen LogP contribution in [-0.4, -0.2) is 36.5 Å². The maximum atomic E-state index is 12.1. The second-order valence-electron chi connectivity index (χ2n) is 6.17. The van der Waals surface area contributed by atoms with Crippen LogP contribution in [0.25, 0.3) is 0 Å². The van der Waals surface area contributed by atoms with Gasteiger partial charge in [-0.25, -0.2) is 0 Å². The minimum atomic E-state index is -0.258. The summed E-state index contributed by atoms with van der Waals surface area (Å²) in [4.78, 5) is 12.1. The first-order chi connectivity index (χ1) is 9.94. The number of benzene rings is 1. The topological polar surface area (TPSA) is 50.4 Å². The van der Waals surface area contributed by atoms with Gasteiger partial charge in [-0.05, 0) is 17.7 Å². The minimum Gasteiger partial charge on any atom is -0.378 e. The van der Waals surface area contributed by atoms with Gasteiger partial charge in [0, 0.05) is 22.7 Å². The van der Waals surface area contributed by atoms with Crippen LogP contribution in [-0.2, 0) is 15.3 Å². The van der Waals surface area contributed by atoms with Crippen molar-refractivity contribution in [3.8, 4) is 0 Å². The number of halogens is 1. The lowest BCUT2D eigenvalue weighted by molar-refractivity contribution is -0.120. The van der Waals surface area contributed by atoms with Crippen molar-refractivity contribution >= 4 is 35.8 Å². The van der Waals surface area contributed by atoms with Crippen molar-refractivity contribution in [1.29, 1.82) is 0 Å². The van der Waals surface area contributed by atoms with Crippen LogP contribution in [0.15, 0.2) is 24.3 Å². The Balaban J connectivity index is 0.00000242. The molecule has 1 unspecified atom stereocenters. The number of morpholine rings is 1. The average Bonchev–Trinajstić information content (AvgIpc) is 2.46. The number of carbonyl (C=O) groups is 1. The number of rotatable bonds is 4. The lowest BCUT2D eigenvalue weighted by Gasteiger charge is -2.23. The number of nitrogens with one attached hydrogen (secondary N) is 2. The van der Waals surface area contributed by atoms with Crippen LogP contribution < -0.4 is 10.6 Å². The van der Waals surface area contributed by atoms with Gasteiger partial charge in [0.2, 0.25) is 5.91 Å². The van der Waals surface area contributed by atoms with Gasteiger partial charge in [-0.1, -0.05) is 32.9 Å². The van der Waals surface area contributed by atoms with E-state index in [1.165, 1.54) is 5.56 Å². The zero-order valence-corrected chi connectivity index (χ0v) is 15.0. The van der Waals surface area contributed by atoms with Gasteiger partial charge in [-0.3, -0.25) is 4.79 Å². The van der Waals surface area contributed by atoms with Crippen molar-refractivity contribution in [2.45, 2.75) is 37.3 Å². The quantitative estimate of drug-likeness (QED) is 0.881. The Bertz CT molecular complexity index is 485. The zero-order valence-electron chi connectivity index (χ0n) is 13.3. The van der Waals surface area contributed by atoms with Gasteiger partial charge in [0.15, 0.2) is 0 Å². The number of anilines is 1. The predicted molar refractivity (Wildman–Crippen MR) is 96.0 cm³/mol. The van der Waals surface area contributed by atoms with Gasteiger partial charge in [-0.15, -0.1) is 12.4 Å². The first kappa shape index (κ1) is 19.3. The van der Waals surface area contributed by atoms with E-state index in [4.69, 9.17) is 4.74 Å². The van der Waals surface area contributed by atoms with Gasteiger partial charge in [-0.2, -0.15) is 11.8 Å². The van der Waals surface area contributed by atoms with E-state index in [-0.39, 0.29) is 29.1 Å². The first-order valence-corrected chi connectivity index (χ1v) is 8.27. The molecule has 0 radical (unpaired) electrons. The first-order valence-electron chi connectivity index (χ1n) is 7.29. The van der Waals surface area contributed by atoms with Gasteiger partial charge < -0.3 is 15.4 Å². The summed E-state index contributed by atoms with van der Waals surface area (Å²) in [7, 11) is 0. The van der Waals surface area contributed by atoms with Crippen LogP contribution in [0.2, 0.25) is 0 Å². The highest BCUT2D eigenvalue weighted by atomic mass is 35.5. The second-order valence-corrected chi connectivity index (χ2v) is 7.97. The summed E-state index contributed by atoms with van der Waals surface area (Å²) in [6, 6.07) is 7.79. The summed E-state index contributed by atoms with van der Waals surface area (Å²) >= 11 is 1.90. The second kappa shape index (κ2) is 8.77. The standard InChI is InChI=1S/C16H24N2O2S.ClH/c1-16(2,3)21-11-12-5-4-6-13(9-12)18-15(19)14-10-20-8-7-17-14;/h4-6,9,14,17H,7-8,10-11H2,1-3H3,(H,18,19);1H. The lowest BCUT2D eigenvalue weighted by atomic mass is 10.2. The van der Waals surface area contributed by atoms with E-state index in [0.29, 0.717) is 13.2 Å². The van der Waals surface area contributed by atoms with Crippen LogP contribution >= 0.6 is 24.2 Å². The van der Waals surface area contributed by atoms with Crippen molar-refractivity contribution in [2.75, 3.05) is 25.1 Å². The molecule has 0 aliphatic carbocycles. The molecule has 2 rings (SSSR count). The van der Waals surface area contributed by atoms with E-state index >= 15 is 0 Å². The van der Waals surface area contributed by atoms with Crippen molar-refractivity contribution in [1.82, 2.24) is 5.32 Å². The van der Waals surface area contributed by atoms with Crippen molar-refractivity contribution < 1.29 is 9.53 Å². The fraction of sp³-hybridized carbons (Fsp3) is 0.562. The van der Waals surface area contributed by atoms with Crippen molar-refractivity contribution in [2.24, 2.45) is 0 Å². The Kier molecular flexibility index (Phi) is 7.69. The lowest BCUT2D eigenvalue weighted by Crippen LogP contribution is -2.48. The Morgan fingerprint density at radius 3 is 2.86 bits per heavy atom. The monoisotopic (exact) mass is 344 g/mol. The van der Waals surface area contributed by atoms with E-state index in [0.717, 1.165) is 18.0 Å². The normalized spacial score (nSPS) is 18.4. The zero-order chi connectivity index (χ0) is 15.3. The highest BCUT2D eigenvalue weighted by molar-refractivity contribution is 7.99. The van der Waals surface area contributed by atoms with Crippen LogP contribution in [0.3, 0.4) is 0 Å². The molecule has 0 spiro atoms. The number of hydrogen-bond acceptors (Lipinski definition) is 4. The largest absolute Gasteiger partial charge is 0.378 e. The molecule has 1 fully saturated rings. The molecule has 0 aromatic heterocycles. The number of carbonyl (C=O) groups excluding carboxylic acids is 1. The van der Waals surface area contributed by atoms with Crippen LogP contribution in [0, 0.1) is 0 Å². The SMILES string of the molecule is CC(C)(C)SCc1cccc(NC(=O)C2COCCN2)c1.Cl. The Morgan fingerprint density at radius 1 is 1.45 bits per heavy atom. The molecule has 1 aliphatic rings. The van der Waals surface area contributed by atoms with E-state index in [2.05, 4.69) is 37.5 Å². The van der Waals surface area contributed by atoms with Crippen LogP contribution in [0.5, 0.6) is 0 Å². The highest BCUT2D eigenvalue weighted by Gasteiger charge is 2.21. The molecule has 2 N–H and O–H groups in total. The molecular formula is C16H25ClN2O2S. The van der Waals surface area contributed by atoms with E-state index in [9.17, 15) is 4.79 Å². The molecular weight excluding hydrogens is 320 g/mol. The molecule has 4 nitrogen and oxygen atoms in total. The van der Waals surface area contributed by atoms with Gasteiger partial charge in [0.05, 0.1) is 13.2 Å². The Morgan fingerprint density at radius 2 is 2.23 bits per heavy atom. The number of thioether (sulfide) groups is 1. The van der Waals surface area contributed by atoms with E-state index in [1.54, 1.807) is 0 Å². The predicted octanol–water partition coefficient (Wildman–Crippen LogP) is 3.07. The summed E-state index contributed by atoms with van der Waals surface area (Å²) in [6.45, 7) is 8.45. The molecule has 0 saturated carbocycles. The van der Waals surface area contributed by atoms with Crippen molar-refractivity contribution in [3.05, 3.63) is 29.8 Å². The molecule has 1 atom stereocenters.